The lowest BCUT2D eigenvalue weighted by molar-refractivity contribution is -0.119. The zero-order chi connectivity index (χ0) is 32.7. The van der Waals surface area contributed by atoms with E-state index in [1.165, 1.54) is 23.3 Å². The Hall–Kier alpha value is -4.07. The minimum Gasteiger partial charge on any atom is -0.326 e. The van der Waals surface area contributed by atoms with Crippen LogP contribution in [0.25, 0.3) is 0 Å². The van der Waals surface area contributed by atoms with Crippen LogP contribution in [0.2, 0.25) is 0 Å². The predicted molar refractivity (Wildman–Crippen MR) is 187 cm³/mol. The highest BCUT2D eigenvalue weighted by molar-refractivity contribution is 7.97. The summed E-state index contributed by atoms with van der Waals surface area (Å²) in [6.45, 7) is 12.4. The lowest BCUT2D eigenvalue weighted by Crippen LogP contribution is -2.19. The van der Waals surface area contributed by atoms with Gasteiger partial charge >= 0.3 is 0 Å². The lowest BCUT2D eigenvalue weighted by atomic mass is 9.96. The number of anilines is 1. The summed E-state index contributed by atoms with van der Waals surface area (Å²) in [5.41, 5.74) is 5.27. The highest BCUT2D eigenvalue weighted by atomic mass is 32.2. The number of aliphatic imine (C=N–C) groups is 1. The molecular formula is C38H44N2O4S. The monoisotopic (exact) mass is 624 g/mol. The molecule has 4 rings (SSSR count). The van der Waals surface area contributed by atoms with Crippen LogP contribution in [-0.4, -0.2) is 31.2 Å². The summed E-state index contributed by atoms with van der Waals surface area (Å²) >= 11 is 0. The van der Waals surface area contributed by atoms with Gasteiger partial charge in [-0.3, -0.25) is 9.59 Å². The van der Waals surface area contributed by atoms with Crippen LogP contribution in [-0.2, 0) is 32.2 Å². The van der Waals surface area contributed by atoms with E-state index in [4.69, 9.17) is 0 Å². The smallest absolute Gasteiger partial charge is 0.253 e. The molecule has 2 N–H and O–H groups in total. The zero-order valence-corrected chi connectivity index (χ0v) is 27.8. The van der Waals surface area contributed by atoms with Gasteiger partial charge in [-0.1, -0.05) is 76.2 Å². The van der Waals surface area contributed by atoms with E-state index in [0.29, 0.717) is 23.2 Å². The maximum atomic E-state index is 13.4. The molecule has 6 nitrogen and oxygen atoms in total. The maximum Gasteiger partial charge on any atom is 0.253 e. The molecule has 0 aromatic heterocycles. The van der Waals surface area contributed by atoms with Gasteiger partial charge in [0.1, 0.15) is 9.80 Å². The molecule has 7 heteroatoms. The van der Waals surface area contributed by atoms with Gasteiger partial charge in [0.2, 0.25) is 5.91 Å². The van der Waals surface area contributed by atoms with Gasteiger partial charge in [0, 0.05) is 5.69 Å². The fourth-order valence-corrected chi connectivity index (χ4v) is 6.44. The number of carbonyl (C=O) groups is 2. The average Bonchev–Trinajstić information content (AvgIpc) is 3.01. The second-order valence-corrected chi connectivity index (χ2v) is 14.6. The highest BCUT2D eigenvalue weighted by Crippen LogP contribution is 2.23. The Balaban J connectivity index is 1.39. The van der Waals surface area contributed by atoms with Crippen LogP contribution in [0.15, 0.2) is 107 Å². The predicted octanol–water partition coefficient (Wildman–Crippen LogP) is 8.01. The largest absolute Gasteiger partial charge is 0.326 e. The van der Waals surface area contributed by atoms with Gasteiger partial charge in [0.05, 0.1) is 27.3 Å². The van der Waals surface area contributed by atoms with E-state index in [1.807, 2.05) is 38.1 Å². The van der Waals surface area contributed by atoms with E-state index < -0.39 is 15.7 Å². The Morgan fingerprint density at radius 3 is 1.62 bits per heavy atom. The van der Waals surface area contributed by atoms with Crippen molar-refractivity contribution in [1.82, 2.24) is 0 Å². The first-order valence-electron chi connectivity index (χ1n) is 15.5. The van der Waals surface area contributed by atoms with Gasteiger partial charge in [-0.05, 0) is 109 Å². The summed E-state index contributed by atoms with van der Waals surface area (Å²) in [5.74, 6) is -0.0667. The summed E-state index contributed by atoms with van der Waals surface area (Å²) in [6, 6.07) is 22.5. The van der Waals surface area contributed by atoms with Crippen LogP contribution in [0.4, 0.5) is 5.69 Å². The first-order valence-corrected chi connectivity index (χ1v) is 17.1. The third-order valence-electron chi connectivity index (χ3n) is 7.85. The summed E-state index contributed by atoms with van der Waals surface area (Å²) < 4.78 is 24.4. The summed E-state index contributed by atoms with van der Waals surface area (Å²) in [4.78, 5) is 30.4. The van der Waals surface area contributed by atoms with Crippen LogP contribution in [0.5, 0.6) is 0 Å². The van der Waals surface area contributed by atoms with Crippen molar-refractivity contribution < 1.29 is 18.4 Å². The number of hydrogen-bond donors (Lipinski definition) is 2. The molecule has 0 spiro atoms. The van der Waals surface area contributed by atoms with E-state index in [2.05, 4.69) is 62.3 Å². The number of amides is 2. The van der Waals surface area contributed by atoms with Crippen molar-refractivity contribution in [1.29, 1.82) is 0 Å². The van der Waals surface area contributed by atoms with Gasteiger partial charge in [0.25, 0.3) is 5.91 Å². The standard InChI is InChI=1S/C38H44N2O4S/c1-25(2)23-29-7-11-31(12-8-29)27(5)37(41)39-33-15-19-35(20-16-33)45(43,44)36-21-17-34(18-22-36)40-38(42)28(6)32-13-9-30(10-14-32)24-26(3)4/h7-22,25-28H,23-24H2,1-6H3,(H,39,41)(H,43,44)/t27-,28+/m1/s1. The summed E-state index contributed by atoms with van der Waals surface area (Å²) in [6.07, 6.45) is 8.17. The van der Waals surface area contributed by atoms with Crippen molar-refractivity contribution in [2.24, 2.45) is 16.8 Å². The fraction of sp³-hybridized carbons (Fsp3) is 0.316. The molecule has 45 heavy (non-hydrogen) atoms. The Labute approximate surface area is 268 Å². The van der Waals surface area contributed by atoms with Crippen LogP contribution in [0.1, 0.15) is 75.6 Å². The van der Waals surface area contributed by atoms with E-state index in [0.717, 1.165) is 24.0 Å². The lowest BCUT2D eigenvalue weighted by Gasteiger charge is -2.15. The Morgan fingerprint density at radius 2 is 1.16 bits per heavy atom. The van der Waals surface area contributed by atoms with Crippen molar-refractivity contribution in [3.8, 4) is 0 Å². The fourth-order valence-electron chi connectivity index (χ4n) is 5.16. The zero-order valence-electron chi connectivity index (χ0n) is 27.0. The molecule has 3 atom stereocenters. The average molecular weight is 625 g/mol. The number of carbonyl (C=O) groups excluding carboxylic acids is 2. The normalized spacial score (nSPS) is 15.6. The first kappa shape index (κ1) is 33.8. The van der Waals surface area contributed by atoms with Crippen molar-refractivity contribution in [3.63, 3.8) is 0 Å². The Kier molecular flexibility index (Phi) is 11.1. The molecule has 3 aromatic rings. The third kappa shape index (κ3) is 8.99. The molecule has 1 aliphatic rings. The maximum absolute atomic E-state index is 13.4. The molecule has 3 aromatic carbocycles. The van der Waals surface area contributed by atoms with Crippen LogP contribution in [0.3, 0.4) is 0 Å². The second-order valence-electron chi connectivity index (χ2n) is 12.6. The number of nitrogens with zero attached hydrogens (tertiary/aromatic N) is 1. The Bertz CT molecular complexity index is 1700. The molecule has 236 valence electrons. The van der Waals surface area contributed by atoms with Gasteiger partial charge in [-0.25, -0.2) is 9.20 Å². The van der Waals surface area contributed by atoms with Crippen LogP contribution in [0, 0.1) is 11.8 Å². The topological polar surface area (TPSA) is 95.8 Å². The van der Waals surface area contributed by atoms with Crippen LogP contribution >= 0.6 is 0 Å². The summed E-state index contributed by atoms with van der Waals surface area (Å²) in [5, 5.41) is 2.90. The quantitative estimate of drug-likeness (QED) is 0.223. The van der Waals surface area contributed by atoms with Crippen molar-refractivity contribution in [2.45, 2.75) is 71.1 Å². The number of hydrogen-bond acceptors (Lipinski definition) is 3. The minimum absolute atomic E-state index is 0.157. The molecule has 0 aliphatic heterocycles. The molecule has 0 radical (unpaired) electrons. The second kappa shape index (κ2) is 14.8. The highest BCUT2D eigenvalue weighted by Gasteiger charge is 2.19. The third-order valence-corrected chi connectivity index (χ3v) is 9.67. The molecule has 1 aliphatic carbocycles. The van der Waals surface area contributed by atoms with Crippen LogP contribution < -0.4 is 5.32 Å². The van der Waals surface area contributed by atoms with Gasteiger partial charge in [-0.2, -0.15) is 0 Å². The first-order chi connectivity index (χ1) is 21.3. The molecule has 0 saturated heterocycles. The summed E-state index contributed by atoms with van der Waals surface area (Å²) in [7, 11) is -3.56. The molecule has 1 unspecified atom stereocenters. The van der Waals surface area contributed by atoms with E-state index in [9.17, 15) is 18.4 Å². The van der Waals surface area contributed by atoms with E-state index in [1.54, 1.807) is 36.4 Å². The van der Waals surface area contributed by atoms with Gasteiger partial charge in [-0.15, -0.1) is 0 Å². The molecule has 0 saturated carbocycles. The molecular weight excluding hydrogens is 580 g/mol. The minimum atomic E-state index is -3.56. The number of allylic oxidation sites excluding steroid dienone is 4. The van der Waals surface area contributed by atoms with E-state index in [-0.39, 0.29) is 27.5 Å². The Morgan fingerprint density at radius 1 is 0.689 bits per heavy atom. The SMILES string of the molecule is CC(C)Cc1ccc([C@H](C)C(=O)N=C2C=CC(=S(=O)(O)c3ccc(NC(=O)[C@H](C)c4ccc(CC(C)C)cc4)cc3)C=C2)cc1. The molecule has 0 heterocycles. The number of rotatable bonds is 10. The number of benzene rings is 3. The molecule has 0 fully saturated rings. The van der Waals surface area contributed by atoms with Crippen molar-refractivity contribution in [3.05, 3.63) is 119 Å². The van der Waals surface area contributed by atoms with E-state index >= 15 is 0 Å². The molecule has 0 bridgehead atoms. The molecule has 2 amide bonds. The van der Waals surface area contributed by atoms with Gasteiger partial charge in [0.15, 0.2) is 0 Å². The number of nitrogens with one attached hydrogen (secondary N) is 1. The van der Waals surface area contributed by atoms with Crippen molar-refractivity contribution in [2.75, 3.05) is 5.32 Å². The van der Waals surface area contributed by atoms with Crippen molar-refractivity contribution >= 4 is 37.9 Å². The van der Waals surface area contributed by atoms with Gasteiger partial charge < -0.3 is 9.87 Å².